The Morgan fingerprint density at radius 2 is 0.682 bits per heavy atom. The van der Waals surface area contributed by atoms with Crippen molar-refractivity contribution in [1.29, 1.82) is 21.0 Å². The average Bonchev–Trinajstić information content (AvgIpc) is 2.53. The number of nitrogens with zero attached hydrogens (tertiary/aromatic N) is 4. The summed E-state index contributed by atoms with van der Waals surface area (Å²) in [5, 5.41) is 34.9. The summed E-state index contributed by atoms with van der Waals surface area (Å²) in [7, 11) is -0.274. The van der Waals surface area contributed by atoms with E-state index < -0.39 is 0 Å². The van der Waals surface area contributed by atoms with Crippen LogP contribution in [0.15, 0.2) is 0 Å². The first kappa shape index (κ1) is 20.8. The normalized spacial score (nSPS) is 9.91. The lowest BCUT2D eigenvalue weighted by molar-refractivity contribution is 0.940. The minimum absolute atomic E-state index is 0.137. The van der Waals surface area contributed by atoms with Crippen LogP contribution >= 0.6 is 15.2 Å². The predicted octanol–water partition coefficient (Wildman–Crippen LogP) is 5.08. The molecule has 0 bridgehead atoms. The summed E-state index contributed by atoms with van der Waals surface area (Å²) >= 11 is 0. The van der Waals surface area contributed by atoms with Gasteiger partial charge in [0.2, 0.25) is 0 Å². The minimum atomic E-state index is -0.137. The first-order chi connectivity index (χ1) is 10.8. The van der Waals surface area contributed by atoms with Gasteiger partial charge in [0.25, 0.3) is 0 Å². The molecule has 0 unspecified atom stereocenters. The van der Waals surface area contributed by atoms with Crippen LogP contribution in [-0.2, 0) is 0 Å². The van der Waals surface area contributed by atoms with Gasteiger partial charge in [-0.05, 0) is 50.3 Å². The van der Waals surface area contributed by atoms with Crippen molar-refractivity contribution >= 4 is 15.2 Å². The van der Waals surface area contributed by atoms with Crippen molar-refractivity contribution in [3.8, 4) is 24.3 Å². The van der Waals surface area contributed by atoms with Crippen LogP contribution in [0.25, 0.3) is 0 Å². The van der Waals surface area contributed by atoms with Crippen LogP contribution in [-0.4, -0.2) is 24.6 Å². The van der Waals surface area contributed by atoms with Crippen molar-refractivity contribution in [3.05, 3.63) is 0 Å². The second-order valence-electron chi connectivity index (χ2n) is 4.95. The number of nitriles is 4. The standard InChI is InChI=1S/C16H24N4P2/c17-9-1-5-13-21(14-6-2-10-18)22(15-7-3-11-19)16-8-4-12-20/h1-8,13-16H2. The Bertz CT molecular complexity index is 357. The fourth-order valence-electron chi connectivity index (χ4n) is 2.15. The lowest BCUT2D eigenvalue weighted by Crippen LogP contribution is -1.97. The van der Waals surface area contributed by atoms with Gasteiger partial charge >= 0.3 is 0 Å². The first-order valence-corrected chi connectivity index (χ1v) is 11.9. The lowest BCUT2D eigenvalue weighted by Gasteiger charge is -2.28. The number of rotatable bonds is 13. The average molecular weight is 334 g/mol. The second kappa shape index (κ2) is 16.2. The Labute approximate surface area is 137 Å². The molecule has 4 nitrogen and oxygen atoms in total. The summed E-state index contributed by atoms with van der Waals surface area (Å²) in [4.78, 5) is 0. The zero-order valence-electron chi connectivity index (χ0n) is 13.2. The number of hydrogen-bond acceptors (Lipinski definition) is 4. The third-order valence-electron chi connectivity index (χ3n) is 3.22. The SMILES string of the molecule is N#CCCCP(CCCC#N)P(CCCC#N)CCCC#N. The van der Waals surface area contributed by atoms with E-state index in [1.54, 1.807) is 0 Å². The maximum Gasteiger partial charge on any atom is 0.0621 e. The lowest BCUT2D eigenvalue weighted by atomic mass is 10.4. The van der Waals surface area contributed by atoms with Crippen molar-refractivity contribution in [1.82, 2.24) is 0 Å². The highest BCUT2D eigenvalue weighted by Gasteiger charge is 2.19. The largest absolute Gasteiger partial charge is 0.198 e. The molecule has 118 valence electrons. The highest BCUT2D eigenvalue weighted by atomic mass is 32.1. The van der Waals surface area contributed by atoms with Crippen LogP contribution in [0.2, 0.25) is 0 Å². The van der Waals surface area contributed by atoms with E-state index in [2.05, 4.69) is 24.3 Å². The zero-order valence-corrected chi connectivity index (χ0v) is 15.0. The van der Waals surface area contributed by atoms with E-state index in [1.807, 2.05) is 0 Å². The van der Waals surface area contributed by atoms with Gasteiger partial charge in [0.15, 0.2) is 0 Å². The maximum atomic E-state index is 8.73. The maximum absolute atomic E-state index is 8.73. The van der Waals surface area contributed by atoms with Crippen LogP contribution in [0.4, 0.5) is 0 Å². The van der Waals surface area contributed by atoms with Crippen LogP contribution in [0.3, 0.4) is 0 Å². The van der Waals surface area contributed by atoms with Crippen molar-refractivity contribution < 1.29 is 0 Å². The molecule has 0 aliphatic rings. The summed E-state index contributed by atoms with van der Waals surface area (Å²) in [6.45, 7) is 0. The first-order valence-electron chi connectivity index (χ1n) is 7.77. The topological polar surface area (TPSA) is 95.2 Å². The summed E-state index contributed by atoms with van der Waals surface area (Å²) in [5.74, 6) is 0. The van der Waals surface area contributed by atoms with Crippen molar-refractivity contribution in [2.24, 2.45) is 0 Å². The van der Waals surface area contributed by atoms with Crippen LogP contribution < -0.4 is 0 Å². The quantitative estimate of drug-likeness (QED) is 0.346. The van der Waals surface area contributed by atoms with Gasteiger partial charge < -0.3 is 0 Å². The molecule has 0 aliphatic carbocycles. The Kier molecular flexibility index (Phi) is 15.3. The molecule has 6 heteroatoms. The van der Waals surface area contributed by atoms with Crippen molar-refractivity contribution in [3.63, 3.8) is 0 Å². The highest BCUT2D eigenvalue weighted by Crippen LogP contribution is 2.70. The van der Waals surface area contributed by atoms with E-state index in [9.17, 15) is 0 Å². The van der Waals surface area contributed by atoms with Crippen LogP contribution in [0, 0.1) is 45.3 Å². The molecule has 0 fully saturated rings. The molecule has 22 heavy (non-hydrogen) atoms. The number of unbranched alkanes of at least 4 members (excludes halogenated alkanes) is 4. The highest BCUT2D eigenvalue weighted by molar-refractivity contribution is 8.29. The van der Waals surface area contributed by atoms with Crippen LogP contribution in [0.1, 0.15) is 51.4 Å². The monoisotopic (exact) mass is 334 g/mol. The summed E-state index contributed by atoms with van der Waals surface area (Å²) in [5.41, 5.74) is 0. The van der Waals surface area contributed by atoms with Gasteiger partial charge in [-0.2, -0.15) is 21.0 Å². The third kappa shape index (κ3) is 11.5. The minimum Gasteiger partial charge on any atom is -0.198 e. The smallest absolute Gasteiger partial charge is 0.0621 e. The van der Waals surface area contributed by atoms with Gasteiger partial charge in [-0.1, -0.05) is 15.2 Å². The van der Waals surface area contributed by atoms with E-state index in [4.69, 9.17) is 21.0 Å². The Morgan fingerprint density at radius 3 is 0.864 bits per heavy atom. The van der Waals surface area contributed by atoms with E-state index in [-0.39, 0.29) is 15.2 Å². The van der Waals surface area contributed by atoms with Gasteiger partial charge in [-0.3, -0.25) is 0 Å². The van der Waals surface area contributed by atoms with Crippen LogP contribution in [0.5, 0.6) is 0 Å². The molecule has 0 N–H and O–H groups in total. The van der Waals surface area contributed by atoms with Gasteiger partial charge in [0.05, 0.1) is 24.3 Å². The Morgan fingerprint density at radius 1 is 0.455 bits per heavy atom. The van der Waals surface area contributed by atoms with Gasteiger partial charge in [0.1, 0.15) is 0 Å². The molecule has 0 atom stereocenters. The van der Waals surface area contributed by atoms with Gasteiger partial charge in [-0.15, -0.1) is 0 Å². The molecule has 0 aromatic rings. The molecule has 0 spiro atoms. The van der Waals surface area contributed by atoms with E-state index in [1.165, 1.54) is 0 Å². The van der Waals surface area contributed by atoms with Crippen molar-refractivity contribution in [2.75, 3.05) is 24.6 Å². The summed E-state index contributed by atoms with van der Waals surface area (Å²) in [6, 6.07) is 8.85. The summed E-state index contributed by atoms with van der Waals surface area (Å²) < 4.78 is 0. The fraction of sp³-hybridized carbons (Fsp3) is 0.750. The van der Waals surface area contributed by atoms with Crippen molar-refractivity contribution in [2.45, 2.75) is 51.4 Å². The molecule has 0 amide bonds. The molecular formula is C16H24N4P2. The molecule has 0 radical (unpaired) electrons. The molecule has 0 aromatic heterocycles. The molecule has 0 heterocycles. The zero-order chi connectivity index (χ0) is 16.5. The van der Waals surface area contributed by atoms with Gasteiger partial charge in [0, 0.05) is 25.7 Å². The third-order valence-corrected chi connectivity index (χ3v) is 12.1. The predicted molar refractivity (Wildman–Crippen MR) is 92.7 cm³/mol. The molecular weight excluding hydrogens is 310 g/mol. The molecule has 0 aromatic carbocycles. The Hall–Kier alpha value is -1.18. The van der Waals surface area contributed by atoms with E-state index >= 15 is 0 Å². The Balaban J connectivity index is 4.57. The molecule has 0 rings (SSSR count). The molecule has 0 saturated carbocycles. The van der Waals surface area contributed by atoms with Gasteiger partial charge in [-0.25, -0.2) is 0 Å². The molecule has 0 saturated heterocycles. The van der Waals surface area contributed by atoms with E-state index in [0.29, 0.717) is 25.7 Å². The molecule has 0 aliphatic heterocycles. The second-order valence-corrected chi connectivity index (χ2v) is 12.2. The van der Waals surface area contributed by atoms with E-state index in [0.717, 1.165) is 50.3 Å². The number of hydrogen-bond donors (Lipinski definition) is 0. The summed E-state index contributed by atoms with van der Waals surface area (Å²) in [6.07, 6.45) is 10.7. The fourth-order valence-corrected chi connectivity index (χ4v) is 10.9.